The quantitative estimate of drug-likeness (QED) is 0.861. The van der Waals surface area contributed by atoms with E-state index < -0.39 is 5.41 Å². The summed E-state index contributed by atoms with van der Waals surface area (Å²) in [6.07, 6.45) is 7.26. The number of hydrogen-bond acceptors (Lipinski definition) is 2. The summed E-state index contributed by atoms with van der Waals surface area (Å²) >= 11 is 0. The van der Waals surface area contributed by atoms with Gasteiger partial charge in [0.05, 0.1) is 6.07 Å². The first-order valence-corrected chi connectivity index (χ1v) is 5.97. The minimum atomic E-state index is -0.769. The molecule has 0 bridgehead atoms. The van der Waals surface area contributed by atoms with Crippen molar-refractivity contribution in [1.82, 2.24) is 9.88 Å². The highest BCUT2D eigenvalue weighted by Crippen LogP contribution is 2.37. The maximum absolute atomic E-state index is 12.0. The van der Waals surface area contributed by atoms with Gasteiger partial charge in [0, 0.05) is 26.0 Å². The van der Waals surface area contributed by atoms with Crippen molar-refractivity contribution in [3.63, 3.8) is 0 Å². The molecule has 4 nitrogen and oxygen atoms in total. The first-order chi connectivity index (χ1) is 8.16. The molecule has 1 saturated carbocycles. The van der Waals surface area contributed by atoms with E-state index in [1.165, 1.54) is 0 Å². The molecule has 1 aromatic rings. The molecule has 1 heterocycles. The lowest BCUT2D eigenvalue weighted by atomic mass is 9.87. The Balaban J connectivity index is 1.95. The third-order valence-corrected chi connectivity index (χ3v) is 3.45. The van der Waals surface area contributed by atoms with Crippen LogP contribution in [0, 0.1) is 16.7 Å². The molecule has 0 atom stereocenters. The van der Waals surface area contributed by atoms with Crippen LogP contribution in [0.1, 0.15) is 31.2 Å². The number of nitrogens with one attached hydrogen (secondary N) is 1. The largest absolute Gasteiger partial charge is 0.357 e. The molecule has 1 aliphatic carbocycles. The van der Waals surface area contributed by atoms with Crippen LogP contribution in [0.25, 0.3) is 0 Å². The van der Waals surface area contributed by atoms with E-state index in [1.54, 1.807) is 0 Å². The van der Waals surface area contributed by atoms with Crippen LogP contribution >= 0.6 is 0 Å². The molecule has 0 aliphatic heterocycles. The summed E-state index contributed by atoms with van der Waals surface area (Å²) in [5.74, 6) is -0.110. The van der Waals surface area contributed by atoms with E-state index in [4.69, 9.17) is 0 Å². The molecule has 0 saturated heterocycles. The van der Waals surface area contributed by atoms with E-state index >= 15 is 0 Å². The minimum Gasteiger partial charge on any atom is -0.357 e. The number of carbonyl (C=O) groups is 1. The molecule has 1 amide bonds. The van der Waals surface area contributed by atoms with E-state index in [2.05, 4.69) is 11.4 Å². The first kappa shape index (κ1) is 11.7. The zero-order chi connectivity index (χ0) is 12.3. The van der Waals surface area contributed by atoms with Gasteiger partial charge in [0.25, 0.3) is 0 Å². The lowest BCUT2D eigenvalue weighted by Gasteiger charge is -2.18. The fourth-order valence-corrected chi connectivity index (χ4v) is 2.39. The third-order valence-electron chi connectivity index (χ3n) is 3.45. The highest BCUT2D eigenvalue weighted by Gasteiger charge is 2.41. The smallest absolute Gasteiger partial charge is 0.240 e. The molecule has 1 aromatic heterocycles. The monoisotopic (exact) mass is 231 g/mol. The summed E-state index contributed by atoms with van der Waals surface area (Å²) in [5.41, 5.74) is 0.293. The van der Waals surface area contributed by atoms with Crippen molar-refractivity contribution in [2.75, 3.05) is 0 Å². The summed E-state index contributed by atoms with van der Waals surface area (Å²) in [6, 6.07) is 4.17. The molecule has 1 fully saturated rings. The zero-order valence-corrected chi connectivity index (χ0v) is 10.1. The van der Waals surface area contributed by atoms with Crippen LogP contribution in [0.4, 0.5) is 0 Å². The topological polar surface area (TPSA) is 57.8 Å². The molecule has 4 heteroatoms. The van der Waals surface area contributed by atoms with Gasteiger partial charge in [-0.25, -0.2) is 0 Å². The molecule has 0 radical (unpaired) electrons. The molecule has 0 aromatic carbocycles. The van der Waals surface area contributed by atoms with Crippen molar-refractivity contribution in [1.29, 1.82) is 5.26 Å². The summed E-state index contributed by atoms with van der Waals surface area (Å²) in [4.78, 5) is 12.0. The van der Waals surface area contributed by atoms with Crippen LogP contribution < -0.4 is 5.32 Å². The highest BCUT2D eigenvalue weighted by molar-refractivity contribution is 5.85. The molecule has 0 unspecified atom stereocenters. The SMILES string of the molecule is Cn1ccc(CNC(=O)C2(C#N)CCCC2)c1. The molecule has 90 valence electrons. The van der Waals surface area contributed by atoms with Crippen LogP contribution in [0.5, 0.6) is 0 Å². The van der Waals surface area contributed by atoms with Crippen molar-refractivity contribution in [2.24, 2.45) is 12.5 Å². The lowest BCUT2D eigenvalue weighted by molar-refractivity contribution is -0.128. The van der Waals surface area contributed by atoms with Crippen molar-refractivity contribution >= 4 is 5.91 Å². The van der Waals surface area contributed by atoms with E-state index in [0.29, 0.717) is 19.4 Å². The predicted octanol–water partition coefficient (Wildman–Crippen LogP) is 1.73. The maximum atomic E-state index is 12.0. The van der Waals surface area contributed by atoms with Gasteiger partial charge >= 0.3 is 0 Å². The Morgan fingerprint density at radius 2 is 2.29 bits per heavy atom. The van der Waals surface area contributed by atoms with Gasteiger partial charge in [0.2, 0.25) is 5.91 Å². The zero-order valence-electron chi connectivity index (χ0n) is 10.1. The molecule has 2 rings (SSSR count). The van der Waals surface area contributed by atoms with Crippen LogP contribution in [-0.2, 0) is 18.4 Å². The Labute approximate surface area is 101 Å². The van der Waals surface area contributed by atoms with Gasteiger partial charge in [-0.1, -0.05) is 12.8 Å². The Morgan fingerprint density at radius 1 is 1.59 bits per heavy atom. The van der Waals surface area contributed by atoms with Gasteiger partial charge in [-0.15, -0.1) is 0 Å². The number of amides is 1. The Morgan fingerprint density at radius 3 is 2.82 bits per heavy atom. The normalized spacial score (nSPS) is 17.6. The number of rotatable bonds is 3. The highest BCUT2D eigenvalue weighted by atomic mass is 16.2. The predicted molar refractivity (Wildman–Crippen MR) is 63.8 cm³/mol. The van der Waals surface area contributed by atoms with Gasteiger partial charge in [0.1, 0.15) is 5.41 Å². The summed E-state index contributed by atoms with van der Waals surface area (Å²) in [7, 11) is 1.94. The fraction of sp³-hybridized carbons (Fsp3) is 0.538. The second kappa shape index (κ2) is 4.62. The lowest BCUT2D eigenvalue weighted by Crippen LogP contribution is -2.37. The van der Waals surface area contributed by atoms with Crippen molar-refractivity contribution in [3.8, 4) is 6.07 Å². The number of nitriles is 1. The number of aromatic nitrogens is 1. The maximum Gasteiger partial charge on any atom is 0.240 e. The molecule has 0 spiro atoms. The van der Waals surface area contributed by atoms with Crippen LogP contribution in [0.3, 0.4) is 0 Å². The fourth-order valence-electron chi connectivity index (χ4n) is 2.39. The van der Waals surface area contributed by atoms with E-state index in [0.717, 1.165) is 18.4 Å². The summed E-state index contributed by atoms with van der Waals surface area (Å²) < 4.78 is 1.94. The summed E-state index contributed by atoms with van der Waals surface area (Å²) in [5, 5.41) is 12.0. The molecular weight excluding hydrogens is 214 g/mol. The van der Waals surface area contributed by atoms with Crippen LogP contribution in [0.15, 0.2) is 18.5 Å². The van der Waals surface area contributed by atoms with Crippen LogP contribution in [0.2, 0.25) is 0 Å². The van der Waals surface area contributed by atoms with Crippen molar-refractivity contribution in [2.45, 2.75) is 32.2 Å². The van der Waals surface area contributed by atoms with Gasteiger partial charge in [-0.2, -0.15) is 5.26 Å². The Hall–Kier alpha value is -1.76. The van der Waals surface area contributed by atoms with Gasteiger partial charge in [0.15, 0.2) is 0 Å². The number of nitrogens with zero attached hydrogens (tertiary/aromatic N) is 2. The van der Waals surface area contributed by atoms with Gasteiger partial charge in [-0.05, 0) is 24.5 Å². The Bertz CT molecular complexity index is 449. The minimum absolute atomic E-state index is 0.110. The van der Waals surface area contributed by atoms with Crippen molar-refractivity contribution in [3.05, 3.63) is 24.0 Å². The van der Waals surface area contributed by atoms with Crippen molar-refractivity contribution < 1.29 is 4.79 Å². The van der Waals surface area contributed by atoms with E-state index in [9.17, 15) is 10.1 Å². The van der Waals surface area contributed by atoms with E-state index in [-0.39, 0.29) is 5.91 Å². The number of carbonyl (C=O) groups excluding carboxylic acids is 1. The number of aryl methyl sites for hydroxylation is 1. The number of hydrogen-bond donors (Lipinski definition) is 1. The average molecular weight is 231 g/mol. The summed E-state index contributed by atoms with van der Waals surface area (Å²) in [6.45, 7) is 0.503. The van der Waals surface area contributed by atoms with Gasteiger partial charge < -0.3 is 9.88 Å². The molecule has 1 N–H and O–H groups in total. The second-order valence-corrected chi connectivity index (χ2v) is 4.77. The van der Waals surface area contributed by atoms with Crippen LogP contribution in [-0.4, -0.2) is 10.5 Å². The second-order valence-electron chi connectivity index (χ2n) is 4.77. The first-order valence-electron chi connectivity index (χ1n) is 5.97. The van der Waals surface area contributed by atoms with E-state index in [1.807, 2.05) is 30.1 Å². The third kappa shape index (κ3) is 2.33. The molecule has 17 heavy (non-hydrogen) atoms. The van der Waals surface area contributed by atoms with Gasteiger partial charge in [-0.3, -0.25) is 4.79 Å². The molecule has 1 aliphatic rings. The molecular formula is C13H17N3O. The Kier molecular flexibility index (Phi) is 3.19. The standard InChI is InChI=1S/C13H17N3O/c1-16-7-4-11(9-16)8-15-12(17)13(10-14)5-2-3-6-13/h4,7,9H,2-3,5-6,8H2,1H3,(H,15,17). The average Bonchev–Trinajstić information content (AvgIpc) is 2.95.